The van der Waals surface area contributed by atoms with Gasteiger partial charge in [-0.3, -0.25) is 0 Å². The van der Waals surface area contributed by atoms with Crippen LogP contribution in [0.5, 0.6) is 0 Å². The van der Waals surface area contributed by atoms with Gasteiger partial charge in [0.25, 0.3) is 0 Å². The number of ether oxygens (including phenoxy) is 1. The number of thiocarbonyl (C=S) groups is 1. The molecular weight excluding hydrogens is 244 g/mol. The zero-order valence-electron chi connectivity index (χ0n) is 11.1. The summed E-state index contributed by atoms with van der Waals surface area (Å²) < 4.78 is 5.63. The van der Waals surface area contributed by atoms with Gasteiger partial charge in [0.15, 0.2) is 0 Å². The Labute approximate surface area is 114 Å². The Kier molecular flexibility index (Phi) is 3.88. The second-order valence-electron chi connectivity index (χ2n) is 4.93. The Bertz CT molecular complexity index is 461. The maximum Gasteiger partial charge on any atom is 0.106 e. The van der Waals surface area contributed by atoms with Crippen LogP contribution in [0, 0.1) is 6.92 Å². The van der Waals surface area contributed by atoms with Crippen LogP contribution in [0.3, 0.4) is 0 Å². The highest BCUT2D eigenvalue weighted by atomic mass is 32.1. The van der Waals surface area contributed by atoms with Crippen molar-refractivity contribution in [3.63, 3.8) is 0 Å². The topological polar surface area (TPSA) is 38.5 Å². The largest absolute Gasteiger partial charge is 0.389 e. The molecule has 0 amide bonds. The van der Waals surface area contributed by atoms with Crippen molar-refractivity contribution in [1.82, 2.24) is 0 Å². The molecule has 2 N–H and O–H groups in total. The first-order valence-electron chi connectivity index (χ1n) is 6.25. The molecule has 0 bridgehead atoms. The monoisotopic (exact) mass is 264 g/mol. The molecule has 0 aliphatic carbocycles. The molecule has 2 rings (SSSR count). The maximum absolute atomic E-state index is 5.83. The van der Waals surface area contributed by atoms with Crippen LogP contribution < -0.4 is 10.6 Å². The Morgan fingerprint density at radius 3 is 2.78 bits per heavy atom. The van der Waals surface area contributed by atoms with Crippen molar-refractivity contribution >= 4 is 22.9 Å². The van der Waals surface area contributed by atoms with E-state index in [1.165, 1.54) is 5.56 Å². The van der Waals surface area contributed by atoms with Gasteiger partial charge in [-0.1, -0.05) is 23.8 Å². The molecule has 0 radical (unpaired) electrons. The Hall–Kier alpha value is -1.13. The number of nitrogens with two attached hydrogens (primary N) is 1. The highest BCUT2D eigenvalue weighted by molar-refractivity contribution is 7.80. The van der Waals surface area contributed by atoms with Crippen molar-refractivity contribution in [1.29, 1.82) is 0 Å². The van der Waals surface area contributed by atoms with Crippen molar-refractivity contribution in [2.45, 2.75) is 32.4 Å². The molecule has 0 saturated carbocycles. The minimum absolute atomic E-state index is 0.246. The van der Waals surface area contributed by atoms with Gasteiger partial charge >= 0.3 is 0 Å². The van der Waals surface area contributed by atoms with Crippen molar-refractivity contribution < 1.29 is 4.74 Å². The maximum atomic E-state index is 5.83. The van der Waals surface area contributed by atoms with Crippen LogP contribution >= 0.6 is 12.2 Å². The van der Waals surface area contributed by atoms with Crippen LogP contribution in [0.25, 0.3) is 0 Å². The summed E-state index contributed by atoms with van der Waals surface area (Å²) in [7, 11) is 2.09. The van der Waals surface area contributed by atoms with Crippen LogP contribution in [0.4, 0.5) is 5.69 Å². The van der Waals surface area contributed by atoms with Gasteiger partial charge in [0.05, 0.1) is 12.1 Å². The van der Waals surface area contributed by atoms with Crippen LogP contribution in [0.2, 0.25) is 0 Å². The van der Waals surface area contributed by atoms with E-state index >= 15 is 0 Å². The van der Waals surface area contributed by atoms with E-state index in [2.05, 4.69) is 37.1 Å². The highest BCUT2D eigenvalue weighted by Gasteiger charge is 2.29. The van der Waals surface area contributed by atoms with Gasteiger partial charge in [-0.15, -0.1) is 0 Å². The third kappa shape index (κ3) is 2.49. The average Bonchev–Trinajstić information content (AvgIpc) is 2.74. The average molecular weight is 264 g/mol. The summed E-state index contributed by atoms with van der Waals surface area (Å²) in [5.74, 6) is 0. The third-order valence-corrected chi connectivity index (χ3v) is 3.85. The SMILES string of the molecule is Cc1ccc(N(C)C2CCOC2C)c(C(N)=S)c1. The fourth-order valence-electron chi connectivity index (χ4n) is 2.56. The number of nitrogens with zero attached hydrogens (tertiary/aromatic N) is 1. The molecule has 2 atom stereocenters. The van der Waals surface area contributed by atoms with E-state index in [1.807, 2.05) is 6.92 Å². The minimum Gasteiger partial charge on any atom is -0.389 e. The van der Waals surface area contributed by atoms with Gasteiger partial charge in [-0.05, 0) is 32.4 Å². The summed E-state index contributed by atoms with van der Waals surface area (Å²) in [6, 6.07) is 6.62. The Morgan fingerprint density at radius 1 is 1.50 bits per heavy atom. The molecule has 4 heteroatoms. The predicted molar refractivity (Wildman–Crippen MR) is 79.3 cm³/mol. The van der Waals surface area contributed by atoms with E-state index in [-0.39, 0.29) is 6.10 Å². The number of likely N-dealkylation sites (N-methyl/N-ethyl adjacent to an activating group) is 1. The summed E-state index contributed by atoms with van der Waals surface area (Å²) in [4.78, 5) is 2.69. The minimum atomic E-state index is 0.246. The van der Waals surface area contributed by atoms with Crippen LogP contribution in [-0.4, -0.2) is 30.8 Å². The fourth-order valence-corrected chi connectivity index (χ4v) is 2.73. The molecule has 1 aliphatic rings. The molecule has 0 spiro atoms. The molecule has 18 heavy (non-hydrogen) atoms. The zero-order chi connectivity index (χ0) is 13.3. The Balaban J connectivity index is 2.35. The summed E-state index contributed by atoms with van der Waals surface area (Å²) in [5.41, 5.74) is 9.04. The molecule has 3 nitrogen and oxygen atoms in total. The quantitative estimate of drug-likeness (QED) is 0.850. The van der Waals surface area contributed by atoms with E-state index in [4.69, 9.17) is 22.7 Å². The highest BCUT2D eigenvalue weighted by Crippen LogP contribution is 2.27. The predicted octanol–water partition coefficient (Wildman–Crippen LogP) is 2.24. The van der Waals surface area contributed by atoms with Crippen molar-refractivity contribution in [2.24, 2.45) is 5.73 Å². The first-order chi connectivity index (χ1) is 8.50. The van der Waals surface area contributed by atoms with Gasteiger partial charge in [-0.2, -0.15) is 0 Å². The van der Waals surface area contributed by atoms with Gasteiger partial charge in [0.1, 0.15) is 4.99 Å². The number of hydrogen-bond donors (Lipinski definition) is 1. The number of hydrogen-bond acceptors (Lipinski definition) is 3. The van der Waals surface area contributed by atoms with Crippen molar-refractivity contribution in [2.75, 3.05) is 18.6 Å². The number of anilines is 1. The lowest BCUT2D eigenvalue weighted by atomic mass is 10.0. The molecule has 98 valence electrons. The summed E-state index contributed by atoms with van der Waals surface area (Å²) >= 11 is 5.15. The Morgan fingerprint density at radius 2 is 2.22 bits per heavy atom. The van der Waals surface area contributed by atoms with Crippen molar-refractivity contribution in [3.05, 3.63) is 29.3 Å². The second-order valence-corrected chi connectivity index (χ2v) is 5.37. The summed E-state index contributed by atoms with van der Waals surface area (Å²) in [6.45, 7) is 4.99. The lowest BCUT2D eigenvalue weighted by molar-refractivity contribution is 0.118. The van der Waals surface area contributed by atoms with Crippen LogP contribution in [0.1, 0.15) is 24.5 Å². The lowest BCUT2D eigenvalue weighted by Crippen LogP contribution is -2.37. The number of rotatable bonds is 3. The molecule has 1 aromatic carbocycles. The molecule has 1 aromatic rings. The molecule has 1 fully saturated rings. The standard InChI is InChI=1S/C14H20N2OS/c1-9-4-5-13(11(8-9)14(15)18)16(3)12-6-7-17-10(12)2/h4-5,8,10,12H,6-7H2,1-3H3,(H2,15,18). The second kappa shape index (κ2) is 5.24. The molecule has 1 saturated heterocycles. The lowest BCUT2D eigenvalue weighted by Gasteiger charge is -2.30. The molecule has 0 aromatic heterocycles. The molecule has 1 aliphatic heterocycles. The first kappa shape index (κ1) is 13.3. The number of benzene rings is 1. The van der Waals surface area contributed by atoms with Gasteiger partial charge in [0, 0.05) is 24.9 Å². The van der Waals surface area contributed by atoms with Crippen LogP contribution in [-0.2, 0) is 4.74 Å². The normalized spacial score (nSPS) is 23.1. The summed E-state index contributed by atoms with van der Waals surface area (Å²) in [6.07, 6.45) is 1.29. The van der Waals surface area contributed by atoms with Gasteiger partial charge in [-0.25, -0.2) is 0 Å². The van der Waals surface area contributed by atoms with E-state index < -0.39 is 0 Å². The van der Waals surface area contributed by atoms with E-state index in [0.29, 0.717) is 11.0 Å². The molecule has 2 unspecified atom stereocenters. The third-order valence-electron chi connectivity index (χ3n) is 3.63. The molecular formula is C14H20N2OS. The summed E-state index contributed by atoms with van der Waals surface area (Å²) in [5, 5.41) is 0. The zero-order valence-corrected chi connectivity index (χ0v) is 12.0. The van der Waals surface area contributed by atoms with E-state index in [1.54, 1.807) is 0 Å². The first-order valence-corrected chi connectivity index (χ1v) is 6.66. The smallest absolute Gasteiger partial charge is 0.106 e. The van der Waals surface area contributed by atoms with E-state index in [0.717, 1.165) is 24.3 Å². The van der Waals surface area contributed by atoms with Crippen LogP contribution in [0.15, 0.2) is 18.2 Å². The van der Waals surface area contributed by atoms with E-state index in [9.17, 15) is 0 Å². The molecule has 1 heterocycles. The fraction of sp³-hybridized carbons (Fsp3) is 0.500. The van der Waals surface area contributed by atoms with Crippen molar-refractivity contribution in [3.8, 4) is 0 Å². The van der Waals surface area contributed by atoms with Gasteiger partial charge in [0.2, 0.25) is 0 Å². The van der Waals surface area contributed by atoms with Gasteiger partial charge < -0.3 is 15.4 Å². The number of aryl methyl sites for hydroxylation is 1.